The summed E-state index contributed by atoms with van der Waals surface area (Å²) >= 11 is 1.74. The third-order valence-corrected chi connectivity index (χ3v) is 4.41. The van der Waals surface area contributed by atoms with Crippen LogP contribution in [0.5, 0.6) is 5.75 Å². The van der Waals surface area contributed by atoms with Gasteiger partial charge in [-0.1, -0.05) is 48.2 Å². The van der Waals surface area contributed by atoms with Crippen molar-refractivity contribution < 1.29 is 4.74 Å². The van der Waals surface area contributed by atoms with Gasteiger partial charge < -0.3 is 4.74 Å². The van der Waals surface area contributed by atoms with E-state index in [1.165, 1.54) is 9.80 Å². The van der Waals surface area contributed by atoms with Gasteiger partial charge in [-0.25, -0.2) is 0 Å². The highest BCUT2D eigenvalue weighted by Gasteiger charge is 2.05. The standard InChI is InChI=1S/C20H17NOS/c1-22-18-11-9-17(10-12-18)20(14-16-6-5-13-21-15-16)23-19-7-3-2-4-8-19/h2-15H,1H3. The molecule has 0 aliphatic rings. The molecule has 1 aromatic heterocycles. The van der Waals surface area contributed by atoms with Crippen LogP contribution in [0.15, 0.2) is 84.0 Å². The summed E-state index contributed by atoms with van der Waals surface area (Å²) in [6, 6.07) is 22.5. The molecule has 0 bridgehead atoms. The van der Waals surface area contributed by atoms with Crippen molar-refractivity contribution >= 4 is 22.7 Å². The van der Waals surface area contributed by atoms with E-state index in [0.29, 0.717) is 0 Å². The molecule has 1 heterocycles. The maximum absolute atomic E-state index is 5.25. The first-order valence-corrected chi connectivity index (χ1v) is 8.16. The zero-order valence-electron chi connectivity index (χ0n) is 12.8. The molecule has 114 valence electrons. The van der Waals surface area contributed by atoms with Gasteiger partial charge in [-0.2, -0.15) is 0 Å². The zero-order valence-corrected chi connectivity index (χ0v) is 13.7. The number of benzene rings is 2. The van der Waals surface area contributed by atoms with Crippen LogP contribution in [0.3, 0.4) is 0 Å². The van der Waals surface area contributed by atoms with E-state index in [2.05, 4.69) is 53.5 Å². The quantitative estimate of drug-likeness (QED) is 0.589. The van der Waals surface area contributed by atoms with E-state index < -0.39 is 0 Å². The SMILES string of the molecule is COc1ccc(C(=Cc2cccnc2)Sc2ccccc2)cc1. The molecule has 2 aromatic carbocycles. The van der Waals surface area contributed by atoms with Gasteiger partial charge in [0.1, 0.15) is 5.75 Å². The molecule has 0 fully saturated rings. The molecular weight excluding hydrogens is 302 g/mol. The summed E-state index contributed by atoms with van der Waals surface area (Å²) < 4.78 is 5.25. The molecule has 3 aromatic rings. The van der Waals surface area contributed by atoms with Gasteiger partial charge in [0.25, 0.3) is 0 Å². The highest BCUT2D eigenvalue weighted by atomic mass is 32.2. The number of aromatic nitrogens is 1. The van der Waals surface area contributed by atoms with Gasteiger partial charge in [0, 0.05) is 22.2 Å². The molecule has 23 heavy (non-hydrogen) atoms. The molecule has 0 spiro atoms. The summed E-state index contributed by atoms with van der Waals surface area (Å²) in [6.45, 7) is 0. The Kier molecular flexibility index (Phi) is 5.12. The fraction of sp³-hybridized carbons (Fsp3) is 0.0500. The number of ether oxygens (including phenoxy) is 1. The second-order valence-corrected chi connectivity index (χ2v) is 6.05. The lowest BCUT2D eigenvalue weighted by Crippen LogP contribution is -1.85. The van der Waals surface area contributed by atoms with Crippen LogP contribution in [-0.2, 0) is 0 Å². The van der Waals surface area contributed by atoms with E-state index in [0.717, 1.165) is 16.9 Å². The summed E-state index contributed by atoms with van der Waals surface area (Å²) in [5.74, 6) is 0.860. The number of hydrogen-bond acceptors (Lipinski definition) is 3. The lowest BCUT2D eigenvalue weighted by atomic mass is 10.1. The number of thioether (sulfide) groups is 1. The Balaban J connectivity index is 1.97. The van der Waals surface area contributed by atoms with Crippen LogP contribution in [0.25, 0.3) is 11.0 Å². The van der Waals surface area contributed by atoms with Gasteiger partial charge in [0.2, 0.25) is 0 Å². The first-order chi connectivity index (χ1) is 11.3. The predicted molar refractivity (Wildman–Crippen MR) is 97.4 cm³/mol. The van der Waals surface area contributed by atoms with E-state index in [1.807, 2.05) is 30.5 Å². The first kappa shape index (κ1) is 15.4. The largest absolute Gasteiger partial charge is 0.497 e. The van der Waals surface area contributed by atoms with Crippen molar-refractivity contribution in [2.75, 3.05) is 7.11 Å². The van der Waals surface area contributed by atoms with Crippen molar-refractivity contribution in [3.8, 4) is 5.75 Å². The van der Waals surface area contributed by atoms with Crippen LogP contribution in [0.4, 0.5) is 0 Å². The summed E-state index contributed by atoms with van der Waals surface area (Å²) in [5, 5.41) is 0. The highest BCUT2D eigenvalue weighted by Crippen LogP contribution is 2.36. The van der Waals surface area contributed by atoms with Crippen molar-refractivity contribution in [1.29, 1.82) is 0 Å². The Bertz CT molecular complexity index is 768. The van der Waals surface area contributed by atoms with Gasteiger partial charge in [-0.15, -0.1) is 0 Å². The van der Waals surface area contributed by atoms with Crippen molar-refractivity contribution in [3.63, 3.8) is 0 Å². The van der Waals surface area contributed by atoms with Crippen LogP contribution >= 0.6 is 11.8 Å². The molecule has 2 nitrogen and oxygen atoms in total. The Morgan fingerprint density at radius 1 is 0.957 bits per heavy atom. The van der Waals surface area contributed by atoms with Crippen molar-refractivity contribution in [1.82, 2.24) is 4.98 Å². The average molecular weight is 319 g/mol. The monoisotopic (exact) mass is 319 g/mol. The lowest BCUT2D eigenvalue weighted by Gasteiger charge is -2.09. The van der Waals surface area contributed by atoms with E-state index in [4.69, 9.17) is 4.74 Å². The second kappa shape index (κ2) is 7.65. The molecule has 3 rings (SSSR count). The second-order valence-electron chi connectivity index (χ2n) is 4.94. The molecular formula is C20H17NOS. The number of hydrogen-bond donors (Lipinski definition) is 0. The summed E-state index contributed by atoms with van der Waals surface area (Å²) in [6.07, 6.45) is 5.82. The molecule has 0 aliphatic heterocycles. The van der Waals surface area contributed by atoms with Crippen LogP contribution in [0, 0.1) is 0 Å². The smallest absolute Gasteiger partial charge is 0.118 e. The Morgan fingerprint density at radius 2 is 1.74 bits per heavy atom. The predicted octanol–water partition coefficient (Wildman–Crippen LogP) is 5.38. The molecule has 0 amide bonds. The third-order valence-electron chi connectivity index (χ3n) is 3.33. The fourth-order valence-corrected chi connectivity index (χ4v) is 3.15. The van der Waals surface area contributed by atoms with Gasteiger partial charge in [-0.3, -0.25) is 4.98 Å². The Morgan fingerprint density at radius 3 is 2.39 bits per heavy atom. The normalized spacial score (nSPS) is 11.3. The molecule has 0 saturated carbocycles. The van der Waals surface area contributed by atoms with E-state index in [1.54, 1.807) is 25.1 Å². The Labute approximate surface area is 140 Å². The molecule has 0 unspecified atom stereocenters. The molecule has 0 saturated heterocycles. The summed E-state index contributed by atoms with van der Waals surface area (Å²) in [7, 11) is 1.68. The zero-order chi connectivity index (χ0) is 15.9. The molecule has 0 N–H and O–H groups in total. The minimum atomic E-state index is 0.860. The highest BCUT2D eigenvalue weighted by molar-refractivity contribution is 8.08. The Hall–Kier alpha value is -2.52. The maximum atomic E-state index is 5.25. The lowest BCUT2D eigenvalue weighted by molar-refractivity contribution is 0.415. The molecule has 0 aliphatic carbocycles. The minimum Gasteiger partial charge on any atom is -0.497 e. The summed E-state index contributed by atoms with van der Waals surface area (Å²) in [4.78, 5) is 6.57. The van der Waals surface area contributed by atoms with Gasteiger partial charge in [-0.05, 0) is 47.5 Å². The van der Waals surface area contributed by atoms with Crippen molar-refractivity contribution in [3.05, 3.63) is 90.3 Å². The number of pyridine rings is 1. The fourth-order valence-electron chi connectivity index (χ4n) is 2.16. The molecule has 0 atom stereocenters. The number of nitrogens with zero attached hydrogens (tertiary/aromatic N) is 1. The maximum Gasteiger partial charge on any atom is 0.118 e. The number of rotatable bonds is 5. The van der Waals surface area contributed by atoms with E-state index in [-0.39, 0.29) is 0 Å². The van der Waals surface area contributed by atoms with Crippen LogP contribution in [-0.4, -0.2) is 12.1 Å². The van der Waals surface area contributed by atoms with Gasteiger partial charge in [0.05, 0.1) is 7.11 Å². The number of methoxy groups -OCH3 is 1. The van der Waals surface area contributed by atoms with E-state index in [9.17, 15) is 0 Å². The van der Waals surface area contributed by atoms with Gasteiger partial charge >= 0.3 is 0 Å². The molecule has 0 radical (unpaired) electrons. The third kappa shape index (κ3) is 4.24. The van der Waals surface area contributed by atoms with Gasteiger partial charge in [0.15, 0.2) is 0 Å². The van der Waals surface area contributed by atoms with Crippen LogP contribution in [0.1, 0.15) is 11.1 Å². The van der Waals surface area contributed by atoms with Crippen LogP contribution < -0.4 is 4.74 Å². The van der Waals surface area contributed by atoms with Crippen molar-refractivity contribution in [2.24, 2.45) is 0 Å². The topological polar surface area (TPSA) is 22.1 Å². The summed E-state index contributed by atoms with van der Waals surface area (Å²) in [5.41, 5.74) is 2.24. The van der Waals surface area contributed by atoms with E-state index >= 15 is 0 Å². The van der Waals surface area contributed by atoms with Crippen molar-refractivity contribution in [2.45, 2.75) is 4.90 Å². The molecule has 3 heteroatoms. The average Bonchev–Trinajstić information content (AvgIpc) is 2.63. The minimum absolute atomic E-state index is 0.860. The van der Waals surface area contributed by atoms with Crippen LogP contribution in [0.2, 0.25) is 0 Å². The first-order valence-electron chi connectivity index (χ1n) is 7.34.